The van der Waals surface area contributed by atoms with Crippen molar-refractivity contribution in [3.8, 4) is 0 Å². The molecule has 0 spiro atoms. The van der Waals surface area contributed by atoms with Crippen LogP contribution in [0.5, 0.6) is 0 Å². The lowest BCUT2D eigenvalue weighted by atomic mass is 10.1. The van der Waals surface area contributed by atoms with E-state index >= 15 is 0 Å². The average molecular weight is 483 g/mol. The number of nitrogens with one attached hydrogen (secondary N) is 1. The number of nitrogens with zero attached hydrogens (tertiary/aromatic N) is 1. The molecule has 2 amide bonds. The van der Waals surface area contributed by atoms with E-state index < -0.39 is 11.9 Å². The third-order valence-corrected chi connectivity index (χ3v) is 5.90. The molecule has 1 N–H and O–H groups in total. The highest BCUT2D eigenvalue weighted by Crippen LogP contribution is 2.31. The van der Waals surface area contributed by atoms with E-state index in [-0.39, 0.29) is 34.7 Å². The summed E-state index contributed by atoms with van der Waals surface area (Å²) in [6.45, 7) is 1.61. The predicted octanol–water partition coefficient (Wildman–Crippen LogP) is 5.38. The van der Waals surface area contributed by atoms with Gasteiger partial charge in [0.25, 0.3) is 11.8 Å². The van der Waals surface area contributed by atoms with Gasteiger partial charge in [-0.05, 0) is 67.4 Å². The van der Waals surface area contributed by atoms with Crippen molar-refractivity contribution in [2.24, 2.45) is 0 Å². The van der Waals surface area contributed by atoms with Crippen LogP contribution in [0.15, 0.2) is 66.7 Å². The van der Waals surface area contributed by atoms with E-state index in [2.05, 4.69) is 5.32 Å². The van der Waals surface area contributed by atoms with Gasteiger partial charge in [0, 0.05) is 22.4 Å². The molecule has 1 atom stereocenters. The molecule has 0 aliphatic carbocycles. The zero-order valence-corrected chi connectivity index (χ0v) is 19.2. The number of ether oxygens (including phenoxy) is 1. The van der Waals surface area contributed by atoms with Crippen molar-refractivity contribution >= 4 is 52.4 Å². The van der Waals surface area contributed by atoms with Crippen LogP contribution in [0.25, 0.3) is 0 Å². The van der Waals surface area contributed by atoms with E-state index in [9.17, 15) is 14.4 Å². The highest BCUT2D eigenvalue weighted by Gasteiger charge is 2.31. The van der Waals surface area contributed by atoms with Gasteiger partial charge in [0.1, 0.15) is 0 Å². The van der Waals surface area contributed by atoms with Crippen molar-refractivity contribution in [2.75, 3.05) is 16.8 Å². The van der Waals surface area contributed by atoms with Gasteiger partial charge in [-0.2, -0.15) is 0 Å². The number of amides is 2. The van der Waals surface area contributed by atoms with Crippen LogP contribution in [0.4, 0.5) is 11.4 Å². The lowest BCUT2D eigenvalue weighted by Gasteiger charge is -2.22. The van der Waals surface area contributed by atoms with Crippen LogP contribution in [0, 0.1) is 0 Å². The predicted molar refractivity (Wildman–Crippen MR) is 128 cm³/mol. The van der Waals surface area contributed by atoms with E-state index in [0.717, 1.165) is 17.7 Å². The van der Waals surface area contributed by atoms with Crippen LogP contribution < -0.4 is 10.2 Å². The number of carbonyl (C=O) groups excluding carboxylic acids is 3. The van der Waals surface area contributed by atoms with Crippen LogP contribution in [-0.2, 0) is 16.0 Å². The van der Waals surface area contributed by atoms with Crippen molar-refractivity contribution in [1.82, 2.24) is 0 Å². The van der Waals surface area contributed by atoms with Crippen LogP contribution in [-0.4, -0.2) is 30.4 Å². The Morgan fingerprint density at radius 3 is 2.48 bits per heavy atom. The Bertz CT molecular complexity index is 1230. The Morgan fingerprint density at radius 1 is 1.03 bits per heavy atom. The molecule has 0 fully saturated rings. The van der Waals surface area contributed by atoms with Gasteiger partial charge in [-0.25, -0.2) is 4.79 Å². The molecule has 168 valence electrons. The van der Waals surface area contributed by atoms with Crippen molar-refractivity contribution in [3.05, 3.63) is 93.5 Å². The minimum absolute atomic E-state index is 0.00522. The minimum atomic E-state index is -0.623. The summed E-state index contributed by atoms with van der Waals surface area (Å²) in [6.07, 6.45) is 0.768. The summed E-state index contributed by atoms with van der Waals surface area (Å²) in [4.78, 5) is 39.2. The molecule has 33 heavy (non-hydrogen) atoms. The van der Waals surface area contributed by atoms with Gasteiger partial charge in [-0.1, -0.05) is 41.4 Å². The topological polar surface area (TPSA) is 75.7 Å². The fraction of sp³-hybridized carbons (Fsp3) is 0.160. The van der Waals surface area contributed by atoms with Crippen molar-refractivity contribution in [1.29, 1.82) is 0 Å². The van der Waals surface area contributed by atoms with Gasteiger partial charge in [-0.15, -0.1) is 0 Å². The second-order valence-electron chi connectivity index (χ2n) is 7.68. The molecular formula is C25H20Cl2N2O4. The number of benzene rings is 3. The number of hydrogen-bond donors (Lipinski definition) is 1. The van der Waals surface area contributed by atoms with Crippen LogP contribution in [0.3, 0.4) is 0 Å². The second-order valence-corrected chi connectivity index (χ2v) is 8.52. The lowest BCUT2D eigenvalue weighted by molar-refractivity contribution is -0.122. The molecule has 3 aromatic rings. The van der Waals surface area contributed by atoms with Gasteiger partial charge in [0.05, 0.1) is 16.1 Å². The van der Waals surface area contributed by atoms with Crippen LogP contribution in [0.2, 0.25) is 10.0 Å². The van der Waals surface area contributed by atoms with Crippen LogP contribution >= 0.6 is 23.2 Å². The van der Waals surface area contributed by atoms with Crippen molar-refractivity contribution in [3.63, 3.8) is 0 Å². The highest BCUT2D eigenvalue weighted by molar-refractivity contribution is 6.37. The van der Waals surface area contributed by atoms with E-state index in [1.807, 2.05) is 31.2 Å². The van der Waals surface area contributed by atoms with Gasteiger partial charge in [-0.3, -0.25) is 9.59 Å². The zero-order valence-electron chi connectivity index (χ0n) is 17.7. The molecule has 3 aromatic carbocycles. The molecule has 8 heteroatoms. The SMILES string of the molecule is C[C@@H]1Cc2ccccc2N1C(=O)COC(=O)c1ccc(NC(=O)c2ccc(Cl)cc2Cl)cc1. The molecule has 0 bridgehead atoms. The van der Waals surface area contributed by atoms with E-state index in [4.69, 9.17) is 27.9 Å². The molecule has 0 radical (unpaired) electrons. The molecule has 1 aliphatic heterocycles. The normalized spacial score (nSPS) is 14.5. The number of carbonyl (C=O) groups is 3. The van der Waals surface area contributed by atoms with Crippen LogP contribution in [0.1, 0.15) is 33.2 Å². The Morgan fingerprint density at radius 2 is 1.76 bits per heavy atom. The van der Waals surface area contributed by atoms with Gasteiger partial charge in [0.2, 0.25) is 0 Å². The number of esters is 1. The summed E-state index contributed by atoms with van der Waals surface area (Å²) in [6, 6.07) is 18.5. The molecule has 0 unspecified atom stereocenters. The fourth-order valence-corrected chi connectivity index (χ4v) is 4.28. The maximum atomic E-state index is 12.7. The number of para-hydroxylation sites is 1. The summed E-state index contributed by atoms with van der Waals surface area (Å²) in [7, 11) is 0. The number of fused-ring (bicyclic) bond motifs is 1. The van der Waals surface area contributed by atoms with E-state index in [1.54, 1.807) is 23.1 Å². The summed E-state index contributed by atoms with van der Waals surface area (Å²) in [5.41, 5.74) is 2.97. The van der Waals surface area contributed by atoms with Gasteiger partial charge >= 0.3 is 5.97 Å². The number of halogens is 2. The summed E-state index contributed by atoms with van der Waals surface area (Å²) >= 11 is 11.9. The monoisotopic (exact) mass is 482 g/mol. The molecule has 0 aromatic heterocycles. The molecule has 0 saturated heterocycles. The third-order valence-electron chi connectivity index (χ3n) is 5.36. The molecular weight excluding hydrogens is 463 g/mol. The minimum Gasteiger partial charge on any atom is -0.452 e. The molecule has 1 aliphatic rings. The summed E-state index contributed by atoms with van der Waals surface area (Å²) in [5, 5.41) is 3.37. The van der Waals surface area contributed by atoms with E-state index in [1.165, 1.54) is 24.3 Å². The molecule has 1 heterocycles. The smallest absolute Gasteiger partial charge is 0.338 e. The highest BCUT2D eigenvalue weighted by atomic mass is 35.5. The third kappa shape index (κ3) is 5.02. The van der Waals surface area contributed by atoms with Gasteiger partial charge < -0.3 is 15.0 Å². The molecule has 4 rings (SSSR count). The molecule has 0 saturated carbocycles. The number of rotatable bonds is 5. The first-order valence-electron chi connectivity index (χ1n) is 10.3. The largest absolute Gasteiger partial charge is 0.452 e. The Labute approximate surface area is 201 Å². The standard InChI is InChI=1S/C25H20Cl2N2O4/c1-15-12-17-4-2-3-5-22(17)29(15)23(30)14-33-25(32)16-6-9-19(10-7-16)28-24(31)20-11-8-18(26)13-21(20)27/h2-11,13,15H,12,14H2,1H3,(H,28,31)/t15-/m1/s1. The van der Waals surface area contributed by atoms with Gasteiger partial charge in [0.15, 0.2) is 6.61 Å². The van der Waals surface area contributed by atoms with E-state index in [0.29, 0.717) is 10.7 Å². The first-order valence-corrected chi connectivity index (χ1v) is 11.0. The maximum Gasteiger partial charge on any atom is 0.338 e. The Kier molecular flexibility index (Phi) is 6.67. The second kappa shape index (κ2) is 9.65. The summed E-state index contributed by atoms with van der Waals surface area (Å²) < 4.78 is 5.24. The quantitative estimate of drug-likeness (QED) is 0.495. The maximum absolute atomic E-state index is 12.7. The molecule has 6 nitrogen and oxygen atoms in total. The Hall–Kier alpha value is -3.35. The van der Waals surface area contributed by atoms with Crippen molar-refractivity contribution in [2.45, 2.75) is 19.4 Å². The fourth-order valence-electron chi connectivity index (χ4n) is 3.79. The average Bonchev–Trinajstić information content (AvgIpc) is 3.13. The lowest BCUT2D eigenvalue weighted by Crippen LogP contribution is -2.38. The zero-order chi connectivity index (χ0) is 23.5. The summed E-state index contributed by atoms with van der Waals surface area (Å²) in [5.74, 6) is -1.30. The number of hydrogen-bond acceptors (Lipinski definition) is 4. The first kappa shape index (κ1) is 22.8. The van der Waals surface area contributed by atoms with Crippen molar-refractivity contribution < 1.29 is 19.1 Å². The Balaban J connectivity index is 1.35. The number of anilines is 2. The first-order chi connectivity index (χ1) is 15.8.